The van der Waals surface area contributed by atoms with Crippen molar-refractivity contribution in [3.05, 3.63) is 32.2 Å². The van der Waals surface area contributed by atoms with Crippen molar-refractivity contribution in [3.63, 3.8) is 0 Å². The molecule has 12 heavy (non-hydrogen) atoms. The van der Waals surface area contributed by atoms with Crippen LogP contribution in [-0.2, 0) is 0 Å². The summed E-state index contributed by atoms with van der Waals surface area (Å²) >= 11 is 6.82. The van der Waals surface area contributed by atoms with Gasteiger partial charge in [0, 0.05) is 8.95 Å². The first-order chi connectivity index (χ1) is 5.52. The van der Waals surface area contributed by atoms with Crippen LogP contribution in [0, 0.1) is 6.92 Å². The highest BCUT2D eigenvalue weighted by atomic mass is 79.9. The lowest BCUT2D eigenvalue weighted by atomic mass is 10.1. The molecule has 1 N–H and O–H groups in total. The van der Waals surface area contributed by atoms with Gasteiger partial charge in [-0.3, -0.25) is 0 Å². The third-order valence-corrected chi connectivity index (χ3v) is 3.27. The molecule has 0 aliphatic carbocycles. The number of rotatable bonds is 1. The third-order valence-electron chi connectivity index (χ3n) is 1.73. The van der Waals surface area contributed by atoms with E-state index in [-0.39, 0.29) is 0 Å². The number of hydrogen-bond acceptors (Lipinski definition) is 1. The Balaban J connectivity index is 3.23. The van der Waals surface area contributed by atoms with Crippen LogP contribution in [0.1, 0.15) is 24.2 Å². The molecule has 0 fully saturated rings. The van der Waals surface area contributed by atoms with E-state index >= 15 is 0 Å². The maximum Gasteiger partial charge on any atom is 0.0773 e. The molecular weight excluding hydrogens is 284 g/mol. The molecule has 66 valence electrons. The molecule has 0 spiro atoms. The zero-order valence-corrected chi connectivity index (χ0v) is 10.1. The van der Waals surface area contributed by atoms with Gasteiger partial charge in [-0.1, -0.05) is 31.9 Å². The van der Waals surface area contributed by atoms with Gasteiger partial charge < -0.3 is 5.11 Å². The summed E-state index contributed by atoms with van der Waals surface area (Å²) in [5.41, 5.74) is 2.07. The summed E-state index contributed by atoms with van der Waals surface area (Å²) in [5.74, 6) is 0. The molecule has 1 atom stereocenters. The van der Waals surface area contributed by atoms with Gasteiger partial charge in [0.1, 0.15) is 0 Å². The minimum absolute atomic E-state index is 0.434. The summed E-state index contributed by atoms with van der Waals surface area (Å²) in [4.78, 5) is 0. The lowest BCUT2D eigenvalue weighted by molar-refractivity contribution is 0.198. The predicted octanol–water partition coefficient (Wildman–Crippen LogP) is 3.57. The van der Waals surface area contributed by atoms with Crippen molar-refractivity contribution in [2.75, 3.05) is 0 Å². The highest BCUT2D eigenvalue weighted by molar-refractivity contribution is 9.11. The number of aliphatic hydroxyl groups is 1. The maximum absolute atomic E-state index is 9.37. The van der Waals surface area contributed by atoms with Crippen molar-refractivity contribution < 1.29 is 5.11 Å². The number of halogens is 2. The highest BCUT2D eigenvalue weighted by Gasteiger charge is 2.07. The molecule has 1 unspecified atom stereocenters. The van der Waals surface area contributed by atoms with Crippen LogP contribution in [-0.4, -0.2) is 5.11 Å². The first-order valence-electron chi connectivity index (χ1n) is 3.66. The summed E-state index contributed by atoms with van der Waals surface area (Å²) in [7, 11) is 0. The molecule has 1 aromatic carbocycles. The Kier molecular flexibility index (Phi) is 3.32. The van der Waals surface area contributed by atoms with Crippen molar-refractivity contribution in [2.24, 2.45) is 0 Å². The monoisotopic (exact) mass is 292 g/mol. The van der Waals surface area contributed by atoms with E-state index in [1.165, 1.54) is 0 Å². The first-order valence-corrected chi connectivity index (χ1v) is 5.24. The number of aryl methyl sites for hydroxylation is 1. The Morgan fingerprint density at radius 3 is 2.33 bits per heavy atom. The number of benzene rings is 1. The van der Waals surface area contributed by atoms with E-state index < -0.39 is 6.10 Å². The van der Waals surface area contributed by atoms with E-state index in [1.807, 2.05) is 19.1 Å². The van der Waals surface area contributed by atoms with Crippen LogP contribution in [0.2, 0.25) is 0 Å². The Morgan fingerprint density at radius 1 is 1.25 bits per heavy atom. The fourth-order valence-corrected chi connectivity index (χ4v) is 2.13. The lowest BCUT2D eigenvalue weighted by Crippen LogP contribution is -1.93. The second-order valence-corrected chi connectivity index (χ2v) is 4.51. The molecule has 1 rings (SSSR count). The van der Waals surface area contributed by atoms with Crippen molar-refractivity contribution in [1.82, 2.24) is 0 Å². The molecule has 0 heterocycles. The summed E-state index contributed by atoms with van der Waals surface area (Å²) in [6.07, 6.45) is -0.434. The van der Waals surface area contributed by atoms with E-state index in [4.69, 9.17) is 0 Å². The van der Waals surface area contributed by atoms with Crippen molar-refractivity contribution >= 4 is 31.9 Å². The molecule has 0 saturated heterocycles. The minimum Gasteiger partial charge on any atom is -0.389 e. The molecule has 0 aliphatic heterocycles. The second-order valence-electron chi connectivity index (χ2n) is 2.80. The number of hydrogen-bond donors (Lipinski definition) is 1. The van der Waals surface area contributed by atoms with Crippen LogP contribution in [0.15, 0.2) is 21.1 Å². The Morgan fingerprint density at radius 2 is 1.83 bits per heavy atom. The predicted molar refractivity (Wildman–Crippen MR) is 57.2 cm³/mol. The molecule has 1 nitrogen and oxygen atoms in total. The Bertz CT molecular complexity index is 295. The molecule has 3 heteroatoms. The van der Waals surface area contributed by atoms with E-state index in [2.05, 4.69) is 31.9 Å². The molecule has 0 amide bonds. The van der Waals surface area contributed by atoms with E-state index in [0.717, 1.165) is 20.1 Å². The van der Waals surface area contributed by atoms with E-state index in [0.29, 0.717) is 0 Å². The van der Waals surface area contributed by atoms with E-state index in [1.54, 1.807) is 6.92 Å². The molecule has 0 aromatic heterocycles. The average molecular weight is 294 g/mol. The summed E-state index contributed by atoms with van der Waals surface area (Å²) in [6.45, 7) is 3.77. The van der Waals surface area contributed by atoms with Crippen molar-refractivity contribution in [2.45, 2.75) is 20.0 Å². The smallest absolute Gasteiger partial charge is 0.0773 e. The SMILES string of the molecule is Cc1cc(Br)c(C(C)O)cc1Br. The normalized spacial score (nSPS) is 13.1. The van der Waals surface area contributed by atoms with Gasteiger partial charge in [-0.25, -0.2) is 0 Å². The molecule has 0 radical (unpaired) electrons. The number of aliphatic hydroxyl groups excluding tert-OH is 1. The molecular formula is C9H10Br2O. The van der Waals surface area contributed by atoms with Crippen LogP contribution in [0.4, 0.5) is 0 Å². The van der Waals surface area contributed by atoms with Crippen LogP contribution in [0.3, 0.4) is 0 Å². The zero-order chi connectivity index (χ0) is 9.30. The molecule has 0 saturated carbocycles. The third kappa shape index (κ3) is 2.09. The molecule has 0 aliphatic rings. The first kappa shape index (κ1) is 10.2. The van der Waals surface area contributed by atoms with Gasteiger partial charge in [-0.15, -0.1) is 0 Å². The van der Waals surface area contributed by atoms with Crippen LogP contribution >= 0.6 is 31.9 Å². The fraction of sp³-hybridized carbons (Fsp3) is 0.333. The fourth-order valence-electron chi connectivity index (χ4n) is 0.982. The van der Waals surface area contributed by atoms with E-state index in [9.17, 15) is 5.11 Å². The molecule has 0 bridgehead atoms. The topological polar surface area (TPSA) is 20.2 Å². The standard InChI is InChI=1S/C9H10Br2O/c1-5-3-9(11)7(6(2)12)4-8(5)10/h3-4,6,12H,1-2H3. The lowest BCUT2D eigenvalue weighted by Gasteiger charge is -2.09. The molecule has 1 aromatic rings. The van der Waals surface area contributed by atoms with Gasteiger partial charge in [0.2, 0.25) is 0 Å². The van der Waals surface area contributed by atoms with Crippen LogP contribution in [0.5, 0.6) is 0 Å². The van der Waals surface area contributed by atoms with Crippen molar-refractivity contribution in [3.8, 4) is 0 Å². The minimum atomic E-state index is -0.434. The second kappa shape index (κ2) is 3.90. The Hall–Kier alpha value is 0.140. The quantitative estimate of drug-likeness (QED) is 0.839. The van der Waals surface area contributed by atoms with Gasteiger partial charge >= 0.3 is 0 Å². The van der Waals surface area contributed by atoms with Gasteiger partial charge in [0.25, 0.3) is 0 Å². The summed E-state index contributed by atoms with van der Waals surface area (Å²) in [5, 5.41) is 9.37. The summed E-state index contributed by atoms with van der Waals surface area (Å²) in [6, 6.07) is 3.93. The largest absolute Gasteiger partial charge is 0.389 e. The summed E-state index contributed by atoms with van der Waals surface area (Å²) < 4.78 is 1.99. The van der Waals surface area contributed by atoms with Gasteiger partial charge in [-0.2, -0.15) is 0 Å². The maximum atomic E-state index is 9.37. The zero-order valence-electron chi connectivity index (χ0n) is 6.94. The van der Waals surface area contributed by atoms with Gasteiger partial charge in [0.05, 0.1) is 6.10 Å². The Labute approximate surface area is 89.1 Å². The van der Waals surface area contributed by atoms with Crippen LogP contribution < -0.4 is 0 Å². The van der Waals surface area contributed by atoms with Gasteiger partial charge in [-0.05, 0) is 37.1 Å². The van der Waals surface area contributed by atoms with Crippen molar-refractivity contribution in [1.29, 1.82) is 0 Å². The van der Waals surface area contributed by atoms with Crippen LogP contribution in [0.25, 0.3) is 0 Å². The highest BCUT2D eigenvalue weighted by Crippen LogP contribution is 2.29. The average Bonchev–Trinajstić information content (AvgIpc) is 1.96. The van der Waals surface area contributed by atoms with Gasteiger partial charge in [0.15, 0.2) is 0 Å².